The number of phenols is 2. The predicted octanol–water partition coefficient (Wildman–Crippen LogP) is 12.9. The van der Waals surface area contributed by atoms with Gasteiger partial charge in [-0.05, 0) is 138 Å². The third-order valence-electron chi connectivity index (χ3n) is 15.8. The number of Topliss-reactive ketones (excluding diaryl/α,β-unsaturated/α-hetero) is 2. The Morgan fingerprint density at radius 3 is 2.44 bits per heavy atom. The Bertz CT molecular complexity index is 3460. The third-order valence-corrected chi connectivity index (χ3v) is 15.8. The smallest absolute Gasteiger partial charge is 0.302 e. The molecule has 5 aromatic carbocycles. The molecule has 400 valence electrons. The number of ether oxygens (including phenoxy) is 3. The highest BCUT2D eigenvalue weighted by Gasteiger charge is 2.37. The number of nitrogens with one attached hydrogen (secondary N) is 2. The fourth-order valence-corrected chi connectivity index (χ4v) is 11.7. The van der Waals surface area contributed by atoms with Crippen LogP contribution in [0, 0.1) is 11.3 Å². The summed E-state index contributed by atoms with van der Waals surface area (Å²) < 4.78 is 20.6. The van der Waals surface area contributed by atoms with Crippen LogP contribution in [-0.4, -0.2) is 63.6 Å². The number of carbonyl (C=O) groups is 3. The van der Waals surface area contributed by atoms with E-state index in [9.17, 15) is 24.6 Å². The van der Waals surface area contributed by atoms with E-state index in [1.165, 1.54) is 12.5 Å². The standard InChI is InChI=1S/C66H68N4O8/c1-43-12-8-9-24-66(43)25-21-57(77-45(3)72)35-56(75)37-62(50-19-20-63(64(33-50)76-4)78-58-30-47(29-55(74)36-58)28-46-13-6-5-7-14-46)69-41-51-16-11-18-61(60(51)42-69)70(27-23-44(2)71)65-34-49(22-26-68-65)59(48-15-10-17-54(73)31-48)32-52-39-67-40-53(52)38-66/h5-20,22,24,29-31,33-34,36,39-43,57,59,62,67-68,73-74H,21,23,25-28,32,35,37-38H2,1-4H3/t43-,57+,59-,62-,66-/m0/s1. The monoisotopic (exact) mass is 1040 g/mol. The van der Waals surface area contributed by atoms with E-state index in [1.807, 2.05) is 72.8 Å². The van der Waals surface area contributed by atoms with Crippen molar-refractivity contribution in [2.24, 2.45) is 11.3 Å². The molecule has 5 atom stereocenters. The van der Waals surface area contributed by atoms with Crippen molar-refractivity contribution < 1.29 is 38.8 Å². The van der Waals surface area contributed by atoms with Crippen LogP contribution >= 0.6 is 0 Å². The lowest BCUT2D eigenvalue weighted by atomic mass is 9.66. The number of carbonyl (C=O) groups excluding carboxylic acids is 3. The number of nitrogens with zero attached hydrogens (tertiary/aromatic N) is 2. The number of fused-ring (bicyclic) bond motifs is 3. The average molecular weight is 1050 g/mol. The van der Waals surface area contributed by atoms with Gasteiger partial charge >= 0.3 is 5.97 Å². The molecule has 12 nitrogen and oxygen atoms in total. The fourth-order valence-electron chi connectivity index (χ4n) is 11.7. The summed E-state index contributed by atoms with van der Waals surface area (Å²) >= 11 is 0. The highest BCUT2D eigenvalue weighted by atomic mass is 16.5. The number of phenolic OH excluding ortho intramolecular Hbond substituents is 2. The molecule has 12 heteroatoms. The fraction of sp³-hybridized carbons (Fsp3) is 0.288. The van der Waals surface area contributed by atoms with Crippen LogP contribution in [0.5, 0.6) is 28.7 Å². The van der Waals surface area contributed by atoms with Crippen LogP contribution in [0.25, 0.3) is 10.8 Å². The molecule has 10 rings (SSSR count). The summed E-state index contributed by atoms with van der Waals surface area (Å²) in [7, 11) is 1.58. The minimum atomic E-state index is -0.676. The minimum Gasteiger partial charge on any atom is -0.508 e. The van der Waals surface area contributed by atoms with E-state index in [0.29, 0.717) is 68.9 Å². The van der Waals surface area contributed by atoms with Gasteiger partial charge < -0.3 is 44.2 Å². The molecule has 4 bridgehead atoms. The number of esters is 1. The number of anilines is 1. The molecule has 0 unspecified atom stereocenters. The summed E-state index contributed by atoms with van der Waals surface area (Å²) in [6.45, 7) is 6.18. The number of aromatic hydroxyl groups is 2. The van der Waals surface area contributed by atoms with E-state index >= 15 is 0 Å². The number of methoxy groups -OCH3 is 1. The van der Waals surface area contributed by atoms with Gasteiger partial charge in [-0.3, -0.25) is 14.4 Å². The lowest BCUT2D eigenvalue weighted by Gasteiger charge is -2.38. The van der Waals surface area contributed by atoms with Crippen molar-refractivity contribution in [3.8, 4) is 28.7 Å². The van der Waals surface area contributed by atoms with Crippen LogP contribution in [0.3, 0.4) is 0 Å². The molecule has 2 aliphatic heterocycles. The first kappa shape index (κ1) is 52.9. The number of aromatic amines is 1. The number of benzene rings is 5. The van der Waals surface area contributed by atoms with Crippen LogP contribution < -0.4 is 19.7 Å². The highest BCUT2D eigenvalue weighted by Crippen LogP contribution is 2.45. The topological polar surface area (TPSA) is 155 Å². The van der Waals surface area contributed by atoms with Crippen molar-refractivity contribution in [2.75, 3.05) is 25.1 Å². The molecule has 3 aliphatic rings. The van der Waals surface area contributed by atoms with Crippen molar-refractivity contribution in [1.29, 1.82) is 0 Å². The first-order valence-electron chi connectivity index (χ1n) is 27.0. The second-order valence-electron chi connectivity index (χ2n) is 21.2. The zero-order valence-electron chi connectivity index (χ0n) is 44.8. The Labute approximate surface area is 456 Å². The number of hydrogen-bond donors (Lipinski definition) is 4. The van der Waals surface area contributed by atoms with Crippen LogP contribution in [0.1, 0.15) is 98.2 Å². The quantitative estimate of drug-likeness (QED) is 0.0920. The Morgan fingerprint density at radius 1 is 0.808 bits per heavy atom. The molecule has 0 amide bonds. The maximum absolute atomic E-state index is 14.9. The van der Waals surface area contributed by atoms with Gasteiger partial charge in [0.2, 0.25) is 0 Å². The molecule has 0 radical (unpaired) electrons. The summed E-state index contributed by atoms with van der Waals surface area (Å²) in [5, 5.41) is 27.2. The molecule has 0 saturated carbocycles. The zero-order valence-corrected chi connectivity index (χ0v) is 44.8. The van der Waals surface area contributed by atoms with E-state index in [-0.39, 0.29) is 53.2 Å². The van der Waals surface area contributed by atoms with Gasteiger partial charge in [0.25, 0.3) is 0 Å². The van der Waals surface area contributed by atoms with E-state index in [1.54, 1.807) is 32.2 Å². The van der Waals surface area contributed by atoms with E-state index in [0.717, 1.165) is 55.7 Å². The predicted molar refractivity (Wildman–Crippen MR) is 305 cm³/mol. The van der Waals surface area contributed by atoms with Gasteiger partial charge in [-0.2, -0.15) is 0 Å². The van der Waals surface area contributed by atoms with Crippen LogP contribution in [0.15, 0.2) is 182 Å². The minimum absolute atomic E-state index is 0.0159. The van der Waals surface area contributed by atoms with Gasteiger partial charge in [-0.15, -0.1) is 0 Å². The molecule has 1 aliphatic carbocycles. The molecule has 4 heterocycles. The van der Waals surface area contributed by atoms with Gasteiger partial charge in [-0.1, -0.05) is 98.0 Å². The largest absolute Gasteiger partial charge is 0.508 e. The number of allylic oxidation sites excluding steroid dienone is 6. The summed E-state index contributed by atoms with van der Waals surface area (Å²) in [4.78, 5) is 46.3. The molecule has 7 aromatic rings. The molecule has 2 aromatic heterocycles. The maximum atomic E-state index is 14.9. The second-order valence-corrected chi connectivity index (χ2v) is 21.2. The summed E-state index contributed by atoms with van der Waals surface area (Å²) in [5.74, 6) is 1.94. The summed E-state index contributed by atoms with van der Waals surface area (Å²) in [6.07, 6.45) is 24.2. The third kappa shape index (κ3) is 12.2. The number of rotatable bonds is 11. The molecular formula is C66H68N4O8. The number of ketones is 2. The first-order valence-corrected chi connectivity index (χ1v) is 27.0. The highest BCUT2D eigenvalue weighted by molar-refractivity contribution is 5.95. The number of H-pyrrole nitrogens is 1. The van der Waals surface area contributed by atoms with Crippen molar-refractivity contribution in [3.63, 3.8) is 0 Å². The van der Waals surface area contributed by atoms with Crippen molar-refractivity contribution >= 4 is 34.0 Å². The molecule has 4 N–H and O–H groups in total. The number of dihydropyridines is 1. The lowest BCUT2D eigenvalue weighted by molar-refractivity contribution is -0.148. The SMILES string of the molecule is COc1cc([C@@H]2CC(=O)C[C@H](OC(C)=O)CC[C@@]3(C=CC=C[C@@H]3C)Cc3c[nH]cc3C[C@@H](c3cccc(O)c3)C3=CCNC(=C3)N(CCC(C)=O)c3cccc4cn2cc34)ccc1Oc1cc(O)cc(Cc2ccccc2)c1. The summed E-state index contributed by atoms with van der Waals surface area (Å²) in [6, 6.07) is 34.0. The summed E-state index contributed by atoms with van der Waals surface area (Å²) in [5.41, 5.74) is 7.65. The molecular weight excluding hydrogens is 977 g/mol. The van der Waals surface area contributed by atoms with Gasteiger partial charge in [0, 0.05) is 86.8 Å². The van der Waals surface area contributed by atoms with E-state index in [2.05, 4.69) is 106 Å². The van der Waals surface area contributed by atoms with Gasteiger partial charge in [0.1, 0.15) is 40.7 Å². The normalized spacial score (nSPS) is 20.8. The lowest BCUT2D eigenvalue weighted by Crippen LogP contribution is -2.35. The van der Waals surface area contributed by atoms with Crippen molar-refractivity contribution in [2.45, 2.75) is 90.2 Å². The molecule has 0 fully saturated rings. The van der Waals surface area contributed by atoms with Crippen molar-refractivity contribution in [3.05, 3.63) is 215 Å². The molecule has 0 saturated heterocycles. The van der Waals surface area contributed by atoms with Gasteiger partial charge in [-0.25, -0.2) is 0 Å². The first-order chi connectivity index (χ1) is 37.8. The van der Waals surface area contributed by atoms with E-state index in [4.69, 9.17) is 14.2 Å². The van der Waals surface area contributed by atoms with Crippen molar-refractivity contribution in [1.82, 2.24) is 14.9 Å². The Morgan fingerprint density at radius 2 is 1.64 bits per heavy atom. The van der Waals surface area contributed by atoms with Crippen LogP contribution in [-0.2, 0) is 38.4 Å². The van der Waals surface area contributed by atoms with Crippen LogP contribution in [0.2, 0.25) is 0 Å². The van der Waals surface area contributed by atoms with E-state index < -0.39 is 18.1 Å². The van der Waals surface area contributed by atoms with Gasteiger partial charge in [0.05, 0.1) is 18.8 Å². The average Bonchev–Trinajstić information content (AvgIpc) is 4.13. The Balaban J connectivity index is 1.09. The van der Waals surface area contributed by atoms with Gasteiger partial charge in [0.15, 0.2) is 11.5 Å². The molecule has 78 heavy (non-hydrogen) atoms. The van der Waals surface area contributed by atoms with Crippen LogP contribution in [0.4, 0.5) is 5.69 Å². The Kier molecular flexibility index (Phi) is 15.9. The number of hydrogen-bond acceptors (Lipinski definition) is 10. The molecule has 1 spiro atoms. The maximum Gasteiger partial charge on any atom is 0.302 e. The zero-order chi connectivity index (χ0) is 54.3. The number of aromatic nitrogens is 2. The Hall–Kier alpha value is -8.51. The second kappa shape index (κ2) is 23.4.